The van der Waals surface area contributed by atoms with Gasteiger partial charge in [-0.15, -0.1) is 0 Å². The normalized spacial score (nSPS) is 11.4. The monoisotopic (exact) mass is 223 g/mol. The molecule has 0 saturated heterocycles. The van der Waals surface area contributed by atoms with Crippen LogP contribution in [0.4, 0.5) is 0 Å². The highest BCUT2D eigenvalue weighted by molar-refractivity contribution is 5.73. The molecule has 0 aliphatic carbocycles. The van der Waals surface area contributed by atoms with Crippen molar-refractivity contribution in [1.82, 2.24) is 15.3 Å². The van der Waals surface area contributed by atoms with Crippen molar-refractivity contribution in [2.24, 2.45) is 5.41 Å². The second kappa shape index (κ2) is 5.03. The van der Waals surface area contributed by atoms with Crippen LogP contribution in [-0.4, -0.2) is 27.6 Å². The van der Waals surface area contributed by atoms with E-state index >= 15 is 0 Å². The average molecular weight is 223 g/mol. The van der Waals surface area contributed by atoms with Gasteiger partial charge in [0.2, 0.25) is 0 Å². The number of carboxylic acids is 1. The van der Waals surface area contributed by atoms with E-state index in [1.165, 1.54) is 0 Å². The fraction of sp³-hybridized carbons (Fsp3) is 0.545. The number of rotatable bonds is 5. The van der Waals surface area contributed by atoms with Gasteiger partial charge in [-0.3, -0.25) is 4.79 Å². The Labute approximate surface area is 94.9 Å². The number of hydrogen-bond donors (Lipinski definition) is 2. The lowest BCUT2D eigenvalue weighted by Crippen LogP contribution is -2.35. The van der Waals surface area contributed by atoms with E-state index in [0.29, 0.717) is 13.1 Å². The van der Waals surface area contributed by atoms with Crippen molar-refractivity contribution in [3.05, 3.63) is 23.8 Å². The Balaban J connectivity index is 2.45. The van der Waals surface area contributed by atoms with E-state index in [-0.39, 0.29) is 0 Å². The number of hydrogen-bond acceptors (Lipinski definition) is 4. The van der Waals surface area contributed by atoms with Crippen molar-refractivity contribution in [3.8, 4) is 0 Å². The molecule has 0 unspecified atom stereocenters. The minimum absolute atomic E-state index is 0.408. The number of aryl methyl sites for hydroxylation is 1. The second-order valence-electron chi connectivity index (χ2n) is 4.39. The van der Waals surface area contributed by atoms with Gasteiger partial charge in [0.15, 0.2) is 0 Å². The van der Waals surface area contributed by atoms with Crippen molar-refractivity contribution in [2.75, 3.05) is 6.54 Å². The Hall–Kier alpha value is -1.49. The topological polar surface area (TPSA) is 75.1 Å². The molecule has 5 heteroatoms. The third-order valence-corrected chi connectivity index (χ3v) is 2.29. The molecule has 1 rings (SSSR count). The lowest BCUT2D eigenvalue weighted by atomic mass is 9.94. The molecule has 1 aromatic rings. The molecule has 0 radical (unpaired) electrons. The van der Waals surface area contributed by atoms with Crippen LogP contribution in [0.1, 0.15) is 25.4 Å². The van der Waals surface area contributed by atoms with Gasteiger partial charge >= 0.3 is 5.97 Å². The summed E-state index contributed by atoms with van der Waals surface area (Å²) >= 11 is 0. The predicted molar refractivity (Wildman–Crippen MR) is 59.9 cm³/mol. The van der Waals surface area contributed by atoms with Crippen LogP contribution >= 0.6 is 0 Å². The lowest BCUT2D eigenvalue weighted by Gasteiger charge is -2.19. The van der Waals surface area contributed by atoms with E-state index < -0.39 is 11.4 Å². The van der Waals surface area contributed by atoms with Gasteiger partial charge in [0.25, 0.3) is 0 Å². The summed E-state index contributed by atoms with van der Waals surface area (Å²) < 4.78 is 0. The molecule has 1 heterocycles. The van der Waals surface area contributed by atoms with Crippen molar-refractivity contribution < 1.29 is 9.90 Å². The summed E-state index contributed by atoms with van der Waals surface area (Å²) in [5.74, 6) is -0.0873. The van der Waals surface area contributed by atoms with Gasteiger partial charge < -0.3 is 10.4 Å². The van der Waals surface area contributed by atoms with Crippen LogP contribution in [0.2, 0.25) is 0 Å². The van der Waals surface area contributed by atoms with E-state index in [2.05, 4.69) is 15.3 Å². The van der Waals surface area contributed by atoms with E-state index in [1.54, 1.807) is 20.0 Å². The molecule has 0 bridgehead atoms. The minimum Gasteiger partial charge on any atom is -0.481 e. The number of carboxylic acid groups (broad SMARTS) is 1. The average Bonchev–Trinajstić information content (AvgIpc) is 2.17. The van der Waals surface area contributed by atoms with Crippen LogP contribution in [0.15, 0.2) is 12.3 Å². The number of aromatic nitrogens is 2. The number of nitrogens with zero attached hydrogens (tertiary/aromatic N) is 2. The van der Waals surface area contributed by atoms with Crippen molar-refractivity contribution in [1.29, 1.82) is 0 Å². The highest BCUT2D eigenvalue weighted by atomic mass is 16.4. The second-order valence-corrected chi connectivity index (χ2v) is 4.39. The Bertz CT molecular complexity index is 377. The maximum atomic E-state index is 10.9. The first-order valence-corrected chi connectivity index (χ1v) is 5.14. The van der Waals surface area contributed by atoms with Gasteiger partial charge in [0.05, 0.1) is 11.1 Å². The van der Waals surface area contributed by atoms with E-state index in [1.807, 2.05) is 13.0 Å². The molecule has 1 aromatic heterocycles. The molecule has 0 spiro atoms. The molecule has 16 heavy (non-hydrogen) atoms. The third kappa shape index (κ3) is 3.58. The molecule has 2 N–H and O–H groups in total. The molecule has 0 aliphatic heterocycles. The van der Waals surface area contributed by atoms with Crippen LogP contribution in [-0.2, 0) is 11.3 Å². The number of carbonyl (C=O) groups is 1. The molecule has 0 aromatic carbocycles. The molecule has 88 valence electrons. The number of aliphatic carboxylic acids is 1. The summed E-state index contributed by atoms with van der Waals surface area (Å²) in [5.41, 5.74) is 0.107. The first-order valence-electron chi connectivity index (χ1n) is 5.14. The molecule has 0 saturated carbocycles. The first kappa shape index (κ1) is 12.6. The van der Waals surface area contributed by atoms with Crippen LogP contribution < -0.4 is 5.32 Å². The Kier molecular flexibility index (Phi) is 3.95. The number of nitrogens with one attached hydrogen (secondary N) is 1. The molecule has 5 nitrogen and oxygen atoms in total. The summed E-state index contributed by atoms with van der Waals surface area (Å²) in [6, 6.07) is 1.81. The van der Waals surface area contributed by atoms with Crippen LogP contribution in [0.25, 0.3) is 0 Å². The van der Waals surface area contributed by atoms with Crippen LogP contribution in [0, 0.1) is 12.3 Å². The van der Waals surface area contributed by atoms with Crippen LogP contribution in [0.3, 0.4) is 0 Å². The van der Waals surface area contributed by atoms with Gasteiger partial charge in [0.1, 0.15) is 5.82 Å². The third-order valence-electron chi connectivity index (χ3n) is 2.29. The molecule has 0 fully saturated rings. The zero-order valence-corrected chi connectivity index (χ0v) is 9.82. The maximum absolute atomic E-state index is 10.9. The molecule has 0 aliphatic rings. The van der Waals surface area contributed by atoms with E-state index in [0.717, 1.165) is 11.5 Å². The van der Waals surface area contributed by atoms with Gasteiger partial charge in [-0.25, -0.2) is 9.97 Å². The highest BCUT2D eigenvalue weighted by Gasteiger charge is 2.26. The Morgan fingerprint density at radius 3 is 2.81 bits per heavy atom. The summed E-state index contributed by atoms with van der Waals surface area (Å²) in [5, 5.41) is 12.0. The summed E-state index contributed by atoms with van der Waals surface area (Å²) in [4.78, 5) is 19.1. The molecular formula is C11H17N3O2. The molecule has 0 amide bonds. The smallest absolute Gasteiger partial charge is 0.310 e. The Morgan fingerprint density at radius 1 is 1.56 bits per heavy atom. The molecular weight excluding hydrogens is 206 g/mol. The molecule has 0 atom stereocenters. The quantitative estimate of drug-likeness (QED) is 0.778. The summed E-state index contributed by atoms with van der Waals surface area (Å²) in [6.45, 7) is 6.16. The van der Waals surface area contributed by atoms with Crippen molar-refractivity contribution in [3.63, 3.8) is 0 Å². The standard InChI is InChI=1S/C11H17N3O2/c1-8-13-5-4-9(14-8)6-12-7-11(2,3)10(15)16/h4-5,12H,6-7H2,1-3H3,(H,15,16). The van der Waals surface area contributed by atoms with Crippen molar-refractivity contribution >= 4 is 5.97 Å². The zero-order valence-electron chi connectivity index (χ0n) is 9.82. The predicted octanol–water partition coefficient (Wildman–Crippen LogP) is 0.985. The lowest BCUT2D eigenvalue weighted by molar-refractivity contribution is -0.146. The van der Waals surface area contributed by atoms with Crippen molar-refractivity contribution in [2.45, 2.75) is 27.3 Å². The minimum atomic E-state index is -0.807. The largest absolute Gasteiger partial charge is 0.481 e. The highest BCUT2D eigenvalue weighted by Crippen LogP contribution is 2.13. The van der Waals surface area contributed by atoms with Crippen LogP contribution in [0.5, 0.6) is 0 Å². The van der Waals surface area contributed by atoms with Gasteiger partial charge in [-0.1, -0.05) is 0 Å². The van der Waals surface area contributed by atoms with Gasteiger partial charge in [-0.05, 0) is 26.8 Å². The van der Waals surface area contributed by atoms with E-state index in [4.69, 9.17) is 5.11 Å². The van der Waals surface area contributed by atoms with E-state index in [9.17, 15) is 4.79 Å². The van der Waals surface area contributed by atoms with Gasteiger partial charge in [0, 0.05) is 19.3 Å². The SMILES string of the molecule is Cc1nccc(CNCC(C)(C)C(=O)O)n1. The Morgan fingerprint density at radius 2 is 2.25 bits per heavy atom. The van der Waals surface area contributed by atoms with Gasteiger partial charge in [-0.2, -0.15) is 0 Å². The fourth-order valence-electron chi connectivity index (χ4n) is 1.18. The summed E-state index contributed by atoms with van der Waals surface area (Å²) in [7, 11) is 0. The summed E-state index contributed by atoms with van der Waals surface area (Å²) in [6.07, 6.45) is 1.70. The first-order chi connectivity index (χ1) is 7.42. The maximum Gasteiger partial charge on any atom is 0.310 e. The fourth-order valence-corrected chi connectivity index (χ4v) is 1.18. The zero-order chi connectivity index (χ0) is 12.2.